The molecule has 0 saturated carbocycles. The van der Waals surface area contributed by atoms with E-state index >= 15 is 0 Å². The van der Waals surface area contributed by atoms with E-state index in [-0.39, 0.29) is 0 Å². The largest absolute Gasteiger partial charge is 0.368 e. The monoisotopic (exact) mass is 284 g/mol. The van der Waals surface area contributed by atoms with Gasteiger partial charge in [0.15, 0.2) is 0 Å². The highest BCUT2D eigenvalue weighted by Crippen LogP contribution is 2.39. The lowest BCUT2D eigenvalue weighted by atomic mass is 10.0. The third-order valence-electron chi connectivity index (χ3n) is 3.16. The van der Waals surface area contributed by atoms with Crippen molar-refractivity contribution in [2.45, 2.75) is 6.92 Å². The molecule has 2 heterocycles. The Bertz CT molecular complexity index is 721. The van der Waals surface area contributed by atoms with Gasteiger partial charge in [0.2, 0.25) is 0 Å². The first-order valence-corrected chi connectivity index (χ1v) is 7.36. The van der Waals surface area contributed by atoms with Gasteiger partial charge in [-0.15, -0.1) is 11.3 Å². The van der Waals surface area contributed by atoms with Crippen molar-refractivity contribution in [1.29, 1.82) is 0 Å². The van der Waals surface area contributed by atoms with Crippen LogP contribution >= 0.6 is 11.3 Å². The molecule has 0 amide bonds. The number of nitrogens with two attached hydrogens (primary N) is 1. The number of benzene rings is 1. The van der Waals surface area contributed by atoms with E-state index in [0.717, 1.165) is 16.0 Å². The lowest BCUT2D eigenvalue weighted by molar-refractivity contribution is 1.01. The van der Waals surface area contributed by atoms with Crippen LogP contribution in [0.25, 0.3) is 21.3 Å². The summed E-state index contributed by atoms with van der Waals surface area (Å²) in [6.07, 6.45) is 1.60. The fraction of sp³-hybridized carbons (Fsp3) is 0.200. The number of anilines is 1. The molecule has 0 fully saturated rings. The summed E-state index contributed by atoms with van der Waals surface area (Å²) >= 11 is 1.70. The summed E-state index contributed by atoms with van der Waals surface area (Å²) in [7, 11) is 0. The number of thiophene rings is 1. The molecule has 0 atom stereocenters. The zero-order valence-corrected chi connectivity index (χ0v) is 12.1. The van der Waals surface area contributed by atoms with Gasteiger partial charge < -0.3 is 11.1 Å². The highest BCUT2D eigenvalue weighted by Gasteiger charge is 2.16. The zero-order valence-electron chi connectivity index (χ0n) is 11.3. The molecule has 2 aromatic heterocycles. The lowest BCUT2D eigenvalue weighted by Crippen LogP contribution is -2.14. The van der Waals surface area contributed by atoms with Gasteiger partial charge in [-0.1, -0.05) is 30.3 Å². The Kier molecular flexibility index (Phi) is 3.62. The van der Waals surface area contributed by atoms with Gasteiger partial charge in [-0.25, -0.2) is 9.97 Å². The second-order valence-corrected chi connectivity index (χ2v) is 5.72. The van der Waals surface area contributed by atoms with E-state index in [1.165, 1.54) is 16.0 Å². The number of nitrogens with zero attached hydrogens (tertiary/aromatic N) is 2. The van der Waals surface area contributed by atoms with Crippen molar-refractivity contribution in [3.05, 3.63) is 41.5 Å². The van der Waals surface area contributed by atoms with Gasteiger partial charge in [-0.05, 0) is 12.5 Å². The minimum absolute atomic E-state index is 0.579. The first kappa shape index (κ1) is 13.0. The quantitative estimate of drug-likeness (QED) is 0.773. The van der Waals surface area contributed by atoms with E-state index in [0.29, 0.717) is 13.1 Å². The molecule has 3 rings (SSSR count). The molecule has 5 heteroatoms. The highest BCUT2D eigenvalue weighted by molar-refractivity contribution is 7.19. The first-order chi connectivity index (χ1) is 9.81. The van der Waals surface area contributed by atoms with Crippen LogP contribution in [-0.2, 0) is 0 Å². The van der Waals surface area contributed by atoms with Crippen LogP contribution in [0.4, 0.5) is 5.82 Å². The number of hydrogen-bond acceptors (Lipinski definition) is 5. The van der Waals surface area contributed by atoms with Crippen LogP contribution in [0.5, 0.6) is 0 Å². The summed E-state index contributed by atoms with van der Waals surface area (Å²) in [5.74, 6) is 0.864. The van der Waals surface area contributed by atoms with E-state index in [9.17, 15) is 0 Å². The van der Waals surface area contributed by atoms with Crippen LogP contribution < -0.4 is 11.1 Å². The van der Waals surface area contributed by atoms with Gasteiger partial charge in [-0.2, -0.15) is 0 Å². The summed E-state index contributed by atoms with van der Waals surface area (Å²) in [6, 6.07) is 10.4. The molecule has 0 saturated heterocycles. The Labute approximate surface area is 121 Å². The molecule has 3 aromatic rings. The maximum absolute atomic E-state index is 5.57. The summed E-state index contributed by atoms with van der Waals surface area (Å²) in [5.41, 5.74) is 7.98. The van der Waals surface area contributed by atoms with Crippen LogP contribution in [0.15, 0.2) is 36.7 Å². The number of hydrogen-bond donors (Lipinski definition) is 2. The van der Waals surface area contributed by atoms with Crippen molar-refractivity contribution >= 4 is 27.4 Å². The Morgan fingerprint density at radius 2 is 2.00 bits per heavy atom. The second kappa shape index (κ2) is 5.56. The van der Waals surface area contributed by atoms with Crippen molar-refractivity contribution in [2.75, 3.05) is 18.4 Å². The van der Waals surface area contributed by atoms with Crippen LogP contribution in [0.2, 0.25) is 0 Å². The summed E-state index contributed by atoms with van der Waals surface area (Å²) in [4.78, 5) is 11.0. The minimum Gasteiger partial charge on any atom is -0.368 e. The molecule has 0 aliphatic rings. The van der Waals surface area contributed by atoms with Gasteiger partial charge in [0.25, 0.3) is 0 Å². The van der Waals surface area contributed by atoms with E-state index in [4.69, 9.17) is 5.73 Å². The van der Waals surface area contributed by atoms with E-state index in [1.54, 1.807) is 17.7 Å². The molecule has 0 aliphatic carbocycles. The Hall–Kier alpha value is -1.98. The maximum atomic E-state index is 5.57. The Morgan fingerprint density at radius 3 is 2.75 bits per heavy atom. The molecule has 1 aromatic carbocycles. The SMILES string of the molecule is Cc1sc2ncnc(NCCN)c2c1-c1ccccc1. The first-order valence-electron chi connectivity index (χ1n) is 6.54. The number of nitrogens with one attached hydrogen (secondary N) is 1. The number of aromatic nitrogens is 2. The molecule has 0 spiro atoms. The topological polar surface area (TPSA) is 63.8 Å². The van der Waals surface area contributed by atoms with Crippen molar-refractivity contribution < 1.29 is 0 Å². The molecule has 0 unspecified atom stereocenters. The molecule has 3 N–H and O–H groups in total. The molecular formula is C15H16N4S. The van der Waals surface area contributed by atoms with Crippen LogP contribution in [0.3, 0.4) is 0 Å². The summed E-state index contributed by atoms with van der Waals surface area (Å²) < 4.78 is 0. The fourth-order valence-corrected chi connectivity index (χ4v) is 3.33. The van der Waals surface area contributed by atoms with E-state index in [1.807, 2.05) is 6.07 Å². The molecule has 20 heavy (non-hydrogen) atoms. The molecule has 4 nitrogen and oxygen atoms in total. The predicted molar refractivity (Wildman–Crippen MR) is 85.1 cm³/mol. The average Bonchev–Trinajstić information content (AvgIpc) is 2.82. The van der Waals surface area contributed by atoms with Gasteiger partial charge in [0.1, 0.15) is 17.0 Å². The second-order valence-electron chi connectivity index (χ2n) is 4.52. The van der Waals surface area contributed by atoms with Gasteiger partial charge in [-0.3, -0.25) is 0 Å². The number of rotatable bonds is 4. The molecule has 0 bridgehead atoms. The molecule has 102 valence electrons. The molecule has 0 aliphatic heterocycles. The number of fused-ring (bicyclic) bond motifs is 1. The highest BCUT2D eigenvalue weighted by atomic mass is 32.1. The lowest BCUT2D eigenvalue weighted by Gasteiger charge is -2.07. The van der Waals surface area contributed by atoms with Crippen molar-refractivity contribution in [3.8, 4) is 11.1 Å². The van der Waals surface area contributed by atoms with Gasteiger partial charge in [0.05, 0.1) is 5.39 Å². The van der Waals surface area contributed by atoms with E-state index in [2.05, 4.69) is 46.5 Å². The smallest absolute Gasteiger partial charge is 0.138 e. The normalized spacial score (nSPS) is 10.9. The van der Waals surface area contributed by atoms with Crippen LogP contribution in [-0.4, -0.2) is 23.1 Å². The summed E-state index contributed by atoms with van der Waals surface area (Å²) in [6.45, 7) is 3.41. The summed E-state index contributed by atoms with van der Waals surface area (Å²) in [5, 5.41) is 4.38. The van der Waals surface area contributed by atoms with Crippen molar-refractivity contribution in [1.82, 2.24) is 9.97 Å². The third kappa shape index (κ3) is 2.26. The predicted octanol–water partition coefficient (Wildman–Crippen LogP) is 3.04. The van der Waals surface area contributed by atoms with Gasteiger partial charge >= 0.3 is 0 Å². The fourth-order valence-electron chi connectivity index (χ4n) is 2.32. The van der Waals surface area contributed by atoms with Crippen LogP contribution in [0, 0.1) is 6.92 Å². The standard InChI is InChI=1S/C15H16N4S/c1-10-12(11-5-3-2-4-6-11)13-14(17-8-7-16)18-9-19-15(13)20-10/h2-6,9H,7-8,16H2,1H3,(H,17,18,19). The minimum atomic E-state index is 0.579. The third-order valence-corrected chi connectivity index (χ3v) is 4.18. The number of aryl methyl sites for hydroxylation is 1. The van der Waals surface area contributed by atoms with E-state index < -0.39 is 0 Å². The average molecular weight is 284 g/mol. The van der Waals surface area contributed by atoms with Crippen molar-refractivity contribution in [3.63, 3.8) is 0 Å². The van der Waals surface area contributed by atoms with Crippen LogP contribution in [0.1, 0.15) is 4.88 Å². The zero-order chi connectivity index (χ0) is 13.9. The van der Waals surface area contributed by atoms with Crippen molar-refractivity contribution in [2.24, 2.45) is 5.73 Å². The van der Waals surface area contributed by atoms with Gasteiger partial charge in [0, 0.05) is 23.5 Å². The Balaban J connectivity index is 2.23. The molecular weight excluding hydrogens is 268 g/mol. The molecule has 0 radical (unpaired) electrons. The maximum Gasteiger partial charge on any atom is 0.138 e. The Morgan fingerprint density at radius 1 is 1.20 bits per heavy atom.